The lowest BCUT2D eigenvalue weighted by Gasteiger charge is -1.94. The van der Waals surface area contributed by atoms with Crippen molar-refractivity contribution in [1.29, 1.82) is 0 Å². The van der Waals surface area contributed by atoms with Gasteiger partial charge in [-0.3, -0.25) is 9.59 Å². The minimum absolute atomic E-state index is 0.0872. The van der Waals surface area contributed by atoms with Gasteiger partial charge < -0.3 is 0 Å². The topological polar surface area (TPSA) is 69.7 Å². The van der Waals surface area contributed by atoms with Crippen LogP contribution in [-0.2, 0) is 23.2 Å². The monoisotopic (exact) mass is 313 g/mol. The van der Waals surface area contributed by atoms with Crippen LogP contribution in [0.1, 0.15) is 26.7 Å². The molecule has 18 heavy (non-hydrogen) atoms. The molecule has 5 nitrogen and oxygen atoms in total. The molecular formula is C10H18O5PS2+. The van der Waals surface area contributed by atoms with Crippen molar-refractivity contribution in [3.63, 3.8) is 0 Å². The summed E-state index contributed by atoms with van der Waals surface area (Å²) < 4.78 is 21.0. The predicted octanol–water partition coefficient (Wildman–Crippen LogP) is 3.02. The van der Waals surface area contributed by atoms with Crippen molar-refractivity contribution in [2.45, 2.75) is 26.7 Å². The maximum atomic E-state index is 11.2. The average Bonchev–Trinajstić information content (AvgIpc) is 2.38. The van der Waals surface area contributed by atoms with Crippen molar-refractivity contribution in [3.05, 3.63) is 0 Å². The van der Waals surface area contributed by atoms with Gasteiger partial charge >= 0.3 is 8.25 Å². The van der Waals surface area contributed by atoms with E-state index in [0.29, 0.717) is 24.3 Å². The predicted molar refractivity (Wildman–Crippen MR) is 75.0 cm³/mol. The molecule has 0 saturated heterocycles. The Hall–Kier alpha value is 0.0600. The second-order valence-corrected chi connectivity index (χ2v) is 6.31. The number of hydrogen-bond donors (Lipinski definition) is 0. The van der Waals surface area contributed by atoms with Crippen LogP contribution in [-0.4, -0.2) is 35.0 Å². The Morgan fingerprint density at radius 2 is 1.33 bits per heavy atom. The minimum atomic E-state index is -2.15. The third kappa shape index (κ3) is 11.2. The second kappa shape index (κ2) is 12.1. The Bertz CT molecular complexity index is 259. The summed E-state index contributed by atoms with van der Waals surface area (Å²) in [6.45, 7) is 4.00. The molecule has 0 aliphatic carbocycles. The summed E-state index contributed by atoms with van der Waals surface area (Å²) in [5.74, 6) is 0.945. The van der Waals surface area contributed by atoms with Crippen LogP contribution in [0.25, 0.3) is 0 Å². The van der Waals surface area contributed by atoms with Crippen LogP contribution in [0.4, 0.5) is 0 Å². The Morgan fingerprint density at radius 1 is 0.944 bits per heavy atom. The van der Waals surface area contributed by atoms with Crippen molar-refractivity contribution >= 4 is 42.0 Å². The molecular weight excluding hydrogens is 295 g/mol. The summed E-state index contributed by atoms with van der Waals surface area (Å²) >= 11 is 2.31. The van der Waals surface area contributed by atoms with Gasteiger partial charge in [-0.25, -0.2) is 0 Å². The molecule has 0 unspecified atom stereocenters. The number of rotatable bonds is 10. The van der Waals surface area contributed by atoms with Gasteiger partial charge in [0.2, 0.25) is 0 Å². The van der Waals surface area contributed by atoms with Gasteiger partial charge in [0.15, 0.2) is 10.2 Å². The van der Waals surface area contributed by atoms with Crippen LogP contribution in [0.15, 0.2) is 0 Å². The largest absolute Gasteiger partial charge is 0.697 e. The molecule has 0 amide bonds. The Labute approximate surface area is 117 Å². The normalized spacial score (nSPS) is 10.3. The van der Waals surface area contributed by atoms with Gasteiger partial charge in [-0.1, -0.05) is 37.4 Å². The zero-order valence-corrected chi connectivity index (χ0v) is 13.1. The summed E-state index contributed by atoms with van der Waals surface area (Å²) in [6, 6.07) is 0. The highest BCUT2D eigenvalue weighted by atomic mass is 32.2. The van der Waals surface area contributed by atoms with E-state index in [1.165, 1.54) is 0 Å². The van der Waals surface area contributed by atoms with E-state index in [9.17, 15) is 14.2 Å². The lowest BCUT2D eigenvalue weighted by Crippen LogP contribution is -1.99. The fraction of sp³-hybridized carbons (Fsp3) is 0.800. The smallest absolute Gasteiger partial charge is 0.287 e. The third-order valence-electron chi connectivity index (χ3n) is 1.66. The summed E-state index contributed by atoms with van der Waals surface area (Å²) in [5, 5.41) is 0.174. The van der Waals surface area contributed by atoms with Crippen molar-refractivity contribution in [3.8, 4) is 0 Å². The van der Waals surface area contributed by atoms with Gasteiger partial charge in [-0.2, -0.15) is 0 Å². The molecule has 0 aliphatic rings. The maximum Gasteiger partial charge on any atom is 0.697 e. The first-order valence-electron chi connectivity index (χ1n) is 5.64. The van der Waals surface area contributed by atoms with Gasteiger partial charge in [0.05, 0.1) is 0 Å². The van der Waals surface area contributed by atoms with Gasteiger partial charge in [-0.15, -0.1) is 9.05 Å². The molecule has 0 fully saturated rings. The van der Waals surface area contributed by atoms with E-state index in [1.807, 2.05) is 0 Å². The van der Waals surface area contributed by atoms with Crippen molar-refractivity contribution in [2.75, 3.05) is 24.7 Å². The number of hydrogen-bond acceptors (Lipinski definition) is 7. The minimum Gasteiger partial charge on any atom is -0.287 e. The number of carbonyl (C=O) groups excluding carboxylic acids is 2. The molecule has 0 aliphatic heterocycles. The van der Waals surface area contributed by atoms with E-state index in [4.69, 9.17) is 9.05 Å². The summed E-state index contributed by atoms with van der Waals surface area (Å²) in [6.07, 6.45) is 0.964. The van der Waals surface area contributed by atoms with Crippen LogP contribution in [0.2, 0.25) is 0 Å². The molecule has 0 rings (SSSR count). The van der Waals surface area contributed by atoms with E-state index >= 15 is 0 Å². The third-order valence-corrected chi connectivity index (χ3v) is 4.41. The maximum absolute atomic E-state index is 11.2. The Kier molecular flexibility index (Phi) is 12.2. The highest BCUT2D eigenvalue weighted by molar-refractivity contribution is 8.13. The quantitative estimate of drug-likeness (QED) is 0.453. The first kappa shape index (κ1) is 18.1. The lowest BCUT2D eigenvalue weighted by molar-refractivity contribution is -0.111. The van der Waals surface area contributed by atoms with Crippen molar-refractivity contribution in [1.82, 2.24) is 0 Å². The molecule has 0 radical (unpaired) electrons. The first-order chi connectivity index (χ1) is 8.60. The van der Waals surface area contributed by atoms with Gasteiger partial charge in [0.25, 0.3) is 0 Å². The van der Waals surface area contributed by atoms with Crippen LogP contribution >= 0.6 is 31.8 Å². The lowest BCUT2D eigenvalue weighted by atomic mass is 10.6. The van der Waals surface area contributed by atoms with Crippen molar-refractivity contribution in [2.24, 2.45) is 0 Å². The molecule has 0 atom stereocenters. The van der Waals surface area contributed by atoms with Crippen LogP contribution in [0.3, 0.4) is 0 Å². The standard InChI is InChI=1S/C10H18O5PS2/c1-3-9(11)17-7-5-14-16(13)15-6-8-18-10(12)4-2/h3-8H2,1-2H3/q+1. The molecule has 0 bridgehead atoms. The fourth-order valence-corrected chi connectivity index (χ4v) is 2.78. The zero-order valence-electron chi connectivity index (χ0n) is 10.5. The second-order valence-electron chi connectivity index (χ2n) is 3.04. The first-order valence-corrected chi connectivity index (χ1v) is 8.71. The zero-order chi connectivity index (χ0) is 13.8. The molecule has 0 aromatic heterocycles. The molecule has 8 heteroatoms. The van der Waals surface area contributed by atoms with Gasteiger partial charge in [0.1, 0.15) is 13.2 Å². The van der Waals surface area contributed by atoms with E-state index in [2.05, 4.69) is 0 Å². The number of carbonyl (C=O) groups is 2. The molecule has 0 aromatic carbocycles. The summed E-state index contributed by atoms with van der Waals surface area (Å²) in [4.78, 5) is 21.9. The van der Waals surface area contributed by atoms with Crippen molar-refractivity contribution < 1.29 is 23.2 Å². The summed E-state index contributed by atoms with van der Waals surface area (Å²) in [7, 11) is -2.15. The van der Waals surface area contributed by atoms with Gasteiger partial charge in [-0.05, 0) is 0 Å². The molecule has 0 N–H and O–H groups in total. The fourth-order valence-electron chi connectivity index (χ4n) is 0.776. The molecule has 104 valence electrons. The Balaban J connectivity index is 3.38. The van der Waals surface area contributed by atoms with E-state index in [-0.39, 0.29) is 23.4 Å². The Morgan fingerprint density at radius 3 is 1.67 bits per heavy atom. The molecule has 0 aromatic rings. The SMILES string of the molecule is CCC(=O)SCCO[P+](=O)OCCSC(=O)CC. The van der Waals surface area contributed by atoms with Crippen LogP contribution in [0, 0.1) is 0 Å². The molecule has 0 spiro atoms. The van der Waals surface area contributed by atoms with Crippen LogP contribution in [0.5, 0.6) is 0 Å². The van der Waals surface area contributed by atoms with E-state index in [0.717, 1.165) is 23.5 Å². The highest BCUT2D eigenvalue weighted by Crippen LogP contribution is 2.24. The van der Waals surface area contributed by atoms with E-state index in [1.54, 1.807) is 13.8 Å². The average molecular weight is 313 g/mol. The van der Waals surface area contributed by atoms with Gasteiger partial charge in [0, 0.05) is 28.9 Å². The van der Waals surface area contributed by atoms with E-state index < -0.39 is 8.25 Å². The molecule has 0 saturated carbocycles. The highest BCUT2D eigenvalue weighted by Gasteiger charge is 2.19. The van der Waals surface area contributed by atoms with Crippen LogP contribution < -0.4 is 0 Å². The summed E-state index contributed by atoms with van der Waals surface area (Å²) in [5.41, 5.74) is 0. The molecule has 0 heterocycles. The number of thioether (sulfide) groups is 2.